The molecular formula is C19H28ClN3O4S2. The fraction of sp³-hybridized carbons (Fsp3) is 0.632. The first-order valence-corrected chi connectivity index (χ1v) is 12.7. The molecule has 0 spiro atoms. The minimum absolute atomic E-state index is 0.0442. The average Bonchev–Trinajstić information content (AvgIpc) is 2.67. The Kier molecular flexibility index (Phi) is 7.86. The molecule has 2 fully saturated rings. The Labute approximate surface area is 182 Å². The Hall–Kier alpha value is -0.840. The standard InChI is InChI=1S/C19H28ClN3O4S2/c1-15-11-23(12-16(2)27-15)29(25,26)22-8-6-21(7-9-22)19(24)14-28-13-17-4-3-5-18(20)10-17/h3-5,10,15-16H,6-9,11-14H2,1-2H3/t15-,16+. The first-order chi connectivity index (χ1) is 13.8. The van der Waals surface area contributed by atoms with Crippen LogP contribution in [-0.2, 0) is 25.5 Å². The number of piperazine rings is 1. The van der Waals surface area contributed by atoms with Gasteiger partial charge in [-0.3, -0.25) is 4.79 Å². The number of carbonyl (C=O) groups is 1. The van der Waals surface area contributed by atoms with Gasteiger partial charge in [0.05, 0.1) is 18.0 Å². The van der Waals surface area contributed by atoms with Crippen LogP contribution in [0.2, 0.25) is 5.02 Å². The Balaban J connectivity index is 1.46. The van der Waals surface area contributed by atoms with Gasteiger partial charge in [0.15, 0.2) is 0 Å². The van der Waals surface area contributed by atoms with Crippen molar-refractivity contribution < 1.29 is 17.9 Å². The van der Waals surface area contributed by atoms with Crippen LogP contribution in [0, 0.1) is 0 Å². The van der Waals surface area contributed by atoms with E-state index in [1.807, 2.05) is 38.1 Å². The number of nitrogens with zero attached hydrogens (tertiary/aromatic N) is 3. The SMILES string of the molecule is C[C@@H]1CN(S(=O)(=O)N2CCN(C(=O)CSCc3cccc(Cl)c3)CC2)C[C@H](C)O1. The zero-order valence-electron chi connectivity index (χ0n) is 16.8. The van der Waals surface area contributed by atoms with E-state index in [-0.39, 0.29) is 18.1 Å². The summed E-state index contributed by atoms with van der Waals surface area (Å²) in [4.78, 5) is 14.2. The lowest BCUT2D eigenvalue weighted by Crippen LogP contribution is -2.57. The van der Waals surface area contributed by atoms with Crippen molar-refractivity contribution in [1.29, 1.82) is 0 Å². The molecule has 162 valence electrons. The number of amides is 1. The molecule has 29 heavy (non-hydrogen) atoms. The summed E-state index contributed by atoms with van der Waals surface area (Å²) in [5.41, 5.74) is 1.08. The molecular weight excluding hydrogens is 434 g/mol. The summed E-state index contributed by atoms with van der Waals surface area (Å²) < 4.78 is 34.5. The van der Waals surface area contributed by atoms with Gasteiger partial charge in [-0.05, 0) is 31.5 Å². The summed E-state index contributed by atoms with van der Waals surface area (Å²) in [5.74, 6) is 1.13. The van der Waals surface area contributed by atoms with Crippen LogP contribution in [0.3, 0.4) is 0 Å². The largest absolute Gasteiger partial charge is 0.373 e. The van der Waals surface area contributed by atoms with Gasteiger partial charge in [0.1, 0.15) is 0 Å². The van der Waals surface area contributed by atoms with Crippen LogP contribution < -0.4 is 0 Å². The van der Waals surface area contributed by atoms with E-state index in [1.54, 1.807) is 16.7 Å². The molecule has 10 heteroatoms. The Morgan fingerprint density at radius 2 is 1.79 bits per heavy atom. The molecule has 0 bridgehead atoms. The summed E-state index contributed by atoms with van der Waals surface area (Å²) >= 11 is 7.52. The van der Waals surface area contributed by atoms with E-state index in [4.69, 9.17) is 16.3 Å². The molecule has 2 heterocycles. The zero-order valence-corrected chi connectivity index (χ0v) is 19.2. The molecule has 0 aromatic heterocycles. The van der Waals surface area contributed by atoms with Crippen molar-refractivity contribution >= 4 is 39.5 Å². The Morgan fingerprint density at radius 3 is 2.41 bits per heavy atom. The van der Waals surface area contributed by atoms with Crippen molar-refractivity contribution in [2.75, 3.05) is 45.0 Å². The molecule has 0 unspecified atom stereocenters. The molecule has 0 aliphatic carbocycles. The highest BCUT2D eigenvalue weighted by Gasteiger charge is 2.37. The number of halogens is 1. The van der Waals surface area contributed by atoms with E-state index in [0.717, 1.165) is 5.56 Å². The van der Waals surface area contributed by atoms with Gasteiger partial charge < -0.3 is 9.64 Å². The third-order valence-electron chi connectivity index (χ3n) is 5.01. The Morgan fingerprint density at radius 1 is 1.14 bits per heavy atom. The minimum atomic E-state index is -3.53. The lowest BCUT2D eigenvalue weighted by atomic mass is 10.2. The highest BCUT2D eigenvalue weighted by molar-refractivity contribution is 7.99. The molecule has 0 radical (unpaired) electrons. The van der Waals surface area contributed by atoms with Crippen molar-refractivity contribution in [2.24, 2.45) is 0 Å². The second-order valence-corrected chi connectivity index (χ2v) is 10.8. The zero-order chi connectivity index (χ0) is 21.0. The highest BCUT2D eigenvalue weighted by atomic mass is 35.5. The van der Waals surface area contributed by atoms with Crippen LogP contribution in [0.25, 0.3) is 0 Å². The van der Waals surface area contributed by atoms with Gasteiger partial charge in [0.2, 0.25) is 5.91 Å². The van der Waals surface area contributed by atoms with Crippen LogP contribution in [0.4, 0.5) is 0 Å². The number of morpholine rings is 1. The van der Waals surface area contributed by atoms with Gasteiger partial charge >= 0.3 is 0 Å². The summed E-state index contributed by atoms with van der Waals surface area (Å²) in [5, 5.41) is 0.691. The normalized spacial score (nSPS) is 24.6. The van der Waals surface area contributed by atoms with Crippen molar-refractivity contribution in [3.8, 4) is 0 Å². The number of hydrogen-bond acceptors (Lipinski definition) is 5. The monoisotopic (exact) mass is 461 g/mol. The quantitative estimate of drug-likeness (QED) is 0.648. The van der Waals surface area contributed by atoms with Crippen LogP contribution >= 0.6 is 23.4 Å². The van der Waals surface area contributed by atoms with Crippen molar-refractivity contribution in [2.45, 2.75) is 31.8 Å². The molecule has 1 aromatic carbocycles. The summed E-state index contributed by atoms with van der Waals surface area (Å²) in [6.45, 7) is 6.00. The van der Waals surface area contributed by atoms with E-state index in [1.165, 1.54) is 8.61 Å². The van der Waals surface area contributed by atoms with Gasteiger partial charge in [-0.1, -0.05) is 23.7 Å². The summed E-state index contributed by atoms with van der Waals surface area (Å²) in [6.07, 6.45) is -0.235. The lowest BCUT2D eigenvalue weighted by molar-refractivity contribution is -0.129. The second kappa shape index (κ2) is 9.98. The van der Waals surface area contributed by atoms with E-state index in [2.05, 4.69) is 0 Å². The number of hydrogen-bond donors (Lipinski definition) is 0. The topological polar surface area (TPSA) is 70.2 Å². The van der Waals surface area contributed by atoms with Crippen molar-refractivity contribution in [3.05, 3.63) is 34.9 Å². The molecule has 2 saturated heterocycles. The number of rotatable bonds is 6. The molecule has 1 amide bonds. The Bertz CT molecular complexity index is 805. The maximum Gasteiger partial charge on any atom is 0.282 e. The molecule has 1 aromatic rings. The van der Waals surface area contributed by atoms with Gasteiger partial charge in [-0.25, -0.2) is 0 Å². The van der Waals surface area contributed by atoms with Crippen molar-refractivity contribution in [1.82, 2.24) is 13.5 Å². The fourth-order valence-electron chi connectivity index (χ4n) is 3.62. The maximum absolute atomic E-state index is 12.9. The smallest absolute Gasteiger partial charge is 0.282 e. The summed E-state index contributed by atoms with van der Waals surface area (Å²) in [7, 11) is -3.53. The minimum Gasteiger partial charge on any atom is -0.373 e. The van der Waals surface area contributed by atoms with Crippen LogP contribution in [0.5, 0.6) is 0 Å². The fourth-order valence-corrected chi connectivity index (χ4v) is 6.46. The van der Waals surface area contributed by atoms with Gasteiger partial charge in [-0.15, -0.1) is 11.8 Å². The molecule has 0 N–H and O–H groups in total. The molecule has 7 nitrogen and oxygen atoms in total. The molecule has 3 rings (SSSR count). The number of benzene rings is 1. The van der Waals surface area contributed by atoms with Gasteiger partial charge in [-0.2, -0.15) is 17.0 Å². The molecule has 2 aliphatic heterocycles. The van der Waals surface area contributed by atoms with Crippen LogP contribution in [-0.4, -0.2) is 85.1 Å². The van der Waals surface area contributed by atoms with E-state index < -0.39 is 10.2 Å². The second-order valence-electron chi connectivity index (χ2n) is 7.48. The molecule has 2 atom stereocenters. The average molecular weight is 462 g/mol. The first kappa shape index (κ1) is 22.8. The lowest BCUT2D eigenvalue weighted by Gasteiger charge is -2.40. The molecule has 0 saturated carbocycles. The van der Waals surface area contributed by atoms with Gasteiger partial charge in [0, 0.05) is 50.0 Å². The van der Waals surface area contributed by atoms with E-state index >= 15 is 0 Å². The van der Waals surface area contributed by atoms with Crippen LogP contribution in [0.1, 0.15) is 19.4 Å². The predicted molar refractivity (Wildman–Crippen MR) is 116 cm³/mol. The molecule has 2 aliphatic rings. The van der Waals surface area contributed by atoms with Gasteiger partial charge in [0.25, 0.3) is 10.2 Å². The van der Waals surface area contributed by atoms with Crippen molar-refractivity contribution in [3.63, 3.8) is 0 Å². The van der Waals surface area contributed by atoms with E-state index in [0.29, 0.717) is 55.8 Å². The maximum atomic E-state index is 12.9. The van der Waals surface area contributed by atoms with E-state index in [9.17, 15) is 13.2 Å². The third kappa shape index (κ3) is 6.08. The number of carbonyl (C=O) groups excluding carboxylic acids is 1. The highest BCUT2D eigenvalue weighted by Crippen LogP contribution is 2.20. The predicted octanol–water partition coefficient (Wildman–Crippen LogP) is 2.07. The number of ether oxygens (including phenoxy) is 1. The number of thioether (sulfide) groups is 1. The van der Waals surface area contributed by atoms with Crippen LogP contribution in [0.15, 0.2) is 24.3 Å². The third-order valence-corrected chi connectivity index (χ3v) is 8.21. The summed E-state index contributed by atoms with van der Waals surface area (Å²) in [6, 6.07) is 7.61. The first-order valence-electron chi connectivity index (χ1n) is 9.76.